The maximum absolute atomic E-state index is 11.1. The van der Waals surface area contributed by atoms with Crippen molar-refractivity contribution in [1.29, 1.82) is 0 Å². The van der Waals surface area contributed by atoms with Crippen molar-refractivity contribution in [3.8, 4) is 0 Å². The van der Waals surface area contributed by atoms with E-state index in [1.165, 1.54) is 0 Å². The Morgan fingerprint density at radius 2 is 2.12 bits per heavy atom. The molecular weight excluding hydrogens is 118 g/mol. The molecule has 4 heteroatoms. The molecule has 0 saturated carbocycles. The number of carbonyl (C=O) groups excluding carboxylic acids is 1. The highest BCUT2D eigenvalue weighted by Gasteiger charge is 1.97. The molecule has 0 radical (unpaired) electrons. The van der Waals surface area contributed by atoms with Crippen LogP contribution in [0.15, 0.2) is 0 Å². The molecular formula is C4H6F2O2. The molecule has 8 heavy (non-hydrogen) atoms. The van der Waals surface area contributed by atoms with Crippen LogP contribution in [-0.2, 0) is 9.53 Å². The van der Waals surface area contributed by atoms with E-state index in [1.807, 2.05) is 0 Å². The van der Waals surface area contributed by atoms with Crippen molar-refractivity contribution in [2.75, 3.05) is 20.0 Å². The van der Waals surface area contributed by atoms with Crippen LogP contribution in [0.1, 0.15) is 0 Å². The zero-order valence-corrected chi connectivity index (χ0v) is 4.19. The second kappa shape index (κ2) is 4.49. The lowest BCUT2D eigenvalue weighted by Crippen LogP contribution is -2.07. The fraction of sp³-hybridized carbons (Fsp3) is 0.750. The van der Waals surface area contributed by atoms with Crippen molar-refractivity contribution in [3.63, 3.8) is 0 Å². The molecule has 2 nitrogen and oxygen atoms in total. The molecule has 0 aromatic carbocycles. The van der Waals surface area contributed by atoms with E-state index in [0.29, 0.717) is 0 Å². The Balaban J connectivity index is 2.99. The Kier molecular flexibility index (Phi) is 4.11. The molecule has 0 heterocycles. The van der Waals surface area contributed by atoms with Gasteiger partial charge >= 0.3 is 5.97 Å². The molecule has 0 rings (SSSR count). The third-order valence-corrected chi connectivity index (χ3v) is 0.449. The summed E-state index contributed by atoms with van der Waals surface area (Å²) in [6.45, 7) is -2.28. The maximum atomic E-state index is 11.1. The second-order valence-corrected chi connectivity index (χ2v) is 1.04. The minimum atomic E-state index is -1.18. The molecule has 0 atom stereocenters. The van der Waals surface area contributed by atoms with Crippen LogP contribution >= 0.6 is 0 Å². The van der Waals surface area contributed by atoms with Crippen molar-refractivity contribution < 1.29 is 18.3 Å². The summed E-state index contributed by atoms with van der Waals surface area (Å²) in [5.41, 5.74) is 0. The van der Waals surface area contributed by atoms with E-state index in [0.717, 1.165) is 0 Å². The van der Waals surface area contributed by atoms with Crippen LogP contribution in [-0.4, -0.2) is 25.9 Å². The van der Waals surface area contributed by atoms with Gasteiger partial charge in [0.25, 0.3) is 0 Å². The minimum Gasteiger partial charge on any atom is -0.461 e. The average molecular weight is 124 g/mol. The first kappa shape index (κ1) is 7.33. The molecule has 0 unspecified atom stereocenters. The lowest BCUT2D eigenvalue weighted by Gasteiger charge is -1.94. The van der Waals surface area contributed by atoms with Crippen LogP contribution in [0, 0.1) is 0 Å². The van der Waals surface area contributed by atoms with Crippen molar-refractivity contribution in [3.05, 3.63) is 0 Å². The van der Waals surface area contributed by atoms with Crippen LogP contribution in [0.4, 0.5) is 8.78 Å². The first-order chi connectivity index (χ1) is 3.81. The van der Waals surface area contributed by atoms with Crippen LogP contribution in [0.5, 0.6) is 0 Å². The Hall–Kier alpha value is -0.670. The molecule has 0 aliphatic carbocycles. The molecule has 0 fully saturated rings. The van der Waals surface area contributed by atoms with Gasteiger partial charge in [-0.2, -0.15) is 0 Å². The second-order valence-electron chi connectivity index (χ2n) is 1.04. The third kappa shape index (κ3) is 3.52. The number of ether oxygens (including phenoxy) is 1. The van der Waals surface area contributed by atoms with Gasteiger partial charge in [-0.25, -0.2) is 13.6 Å². The Bertz CT molecular complexity index is 74.4. The van der Waals surface area contributed by atoms with Gasteiger partial charge in [-0.3, -0.25) is 0 Å². The summed E-state index contributed by atoms with van der Waals surface area (Å²) < 4.78 is 26.2. The summed E-state index contributed by atoms with van der Waals surface area (Å²) in [7, 11) is 0. The number of halogens is 2. The van der Waals surface area contributed by atoms with E-state index >= 15 is 0 Å². The van der Waals surface area contributed by atoms with Gasteiger partial charge in [-0.15, -0.1) is 0 Å². The van der Waals surface area contributed by atoms with Gasteiger partial charge in [0.1, 0.15) is 13.3 Å². The first-order valence-corrected chi connectivity index (χ1v) is 2.08. The largest absolute Gasteiger partial charge is 0.461 e. The van der Waals surface area contributed by atoms with Gasteiger partial charge < -0.3 is 4.74 Å². The zero-order chi connectivity index (χ0) is 6.41. The first-order valence-electron chi connectivity index (χ1n) is 2.08. The van der Waals surface area contributed by atoms with E-state index in [4.69, 9.17) is 0 Å². The molecule has 0 N–H and O–H groups in total. The quantitative estimate of drug-likeness (QED) is 0.511. The lowest BCUT2D eigenvalue weighted by atomic mass is 10.7. The number of hydrogen-bond donors (Lipinski definition) is 0. The van der Waals surface area contributed by atoms with Crippen molar-refractivity contribution in [2.24, 2.45) is 0 Å². The minimum absolute atomic E-state index is 0.344. The molecule has 0 bridgehead atoms. The predicted molar refractivity (Wildman–Crippen MR) is 22.9 cm³/mol. The molecule has 0 aromatic heterocycles. The van der Waals surface area contributed by atoms with Crippen LogP contribution in [0.3, 0.4) is 0 Å². The zero-order valence-electron chi connectivity index (χ0n) is 4.19. The predicted octanol–water partition coefficient (Wildman–Crippen LogP) is 0.469. The van der Waals surface area contributed by atoms with Crippen molar-refractivity contribution >= 4 is 5.97 Å². The number of carbonyl (C=O) groups is 1. The molecule has 48 valence electrons. The third-order valence-electron chi connectivity index (χ3n) is 0.449. The summed E-state index contributed by atoms with van der Waals surface area (Å²) in [4.78, 5) is 9.81. The van der Waals surface area contributed by atoms with Crippen LogP contribution < -0.4 is 0 Å². The van der Waals surface area contributed by atoms with Gasteiger partial charge in [0.15, 0.2) is 6.67 Å². The van der Waals surface area contributed by atoms with E-state index in [9.17, 15) is 13.6 Å². The van der Waals surface area contributed by atoms with Gasteiger partial charge in [0, 0.05) is 0 Å². The van der Waals surface area contributed by atoms with Gasteiger partial charge in [-0.05, 0) is 0 Å². The summed E-state index contributed by atoms with van der Waals surface area (Å²) in [6, 6.07) is 0. The smallest absolute Gasteiger partial charge is 0.337 e. The van der Waals surface area contributed by atoms with E-state index in [-0.39, 0.29) is 6.61 Å². The number of hydrogen-bond acceptors (Lipinski definition) is 2. The highest BCUT2D eigenvalue weighted by atomic mass is 19.1. The fourth-order valence-corrected chi connectivity index (χ4v) is 0.191. The molecule has 0 saturated heterocycles. The molecule has 0 aliphatic heterocycles. The van der Waals surface area contributed by atoms with Crippen molar-refractivity contribution in [2.45, 2.75) is 0 Å². The number of alkyl halides is 2. The van der Waals surface area contributed by atoms with Crippen LogP contribution in [0.2, 0.25) is 0 Å². The summed E-state index contributed by atoms with van der Waals surface area (Å²) in [6.07, 6.45) is 0. The molecule has 0 amide bonds. The summed E-state index contributed by atoms with van der Waals surface area (Å²) >= 11 is 0. The van der Waals surface area contributed by atoms with Gasteiger partial charge in [0.05, 0.1) is 0 Å². The summed E-state index contributed by atoms with van der Waals surface area (Å²) in [5, 5.41) is 0. The fourth-order valence-electron chi connectivity index (χ4n) is 0.191. The number of rotatable bonds is 3. The van der Waals surface area contributed by atoms with E-state index < -0.39 is 19.3 Å². The van der Waals surface area contributed by atoms with Crippen LogP contribution in [0.25, 0.3) is 0 Å². The normalized spacial score (nSPS) is 8.75. The summed E-state index contributed by atoms with van der Waals surface area (Å²) in [5.74, 6) is -1.01. The molecule has 0 aromatic rings. The monoisotopic (exact) mass is 124 g/mol. The van der Waals surface area contributed by atoms with Crippen molar-refractivity contribution in [1.82, 2.24) is 0 Å². The van der Waals surface area contributed by atoms with Gasteiger partial charge in [-0.1, -0.05) is 0 Å². The molecule has 0 spiro atoms. The topological polar surface area (TPSA) is 26.3 Å². The SMILES string of the molecule is O=C(CF)OCCF. The Morgan fingerprint density at radius 1 is 1.50 bits per heavy atom. The standard InChI is InChI=1S/C4H6F2O2/c5-1-2-8-4(7)3-6/h1-3H2. The Morgan fingerprint density at radius 3 is 2.50 bits per heavy atom. The highest BCUT2D eigenvalue weighted by Crippen LogP contribution is 1.78. The number of esters is 1. The average Bonchev–Trinajstić information content (AvgIpc) is 1.83. The van der Waals surface area contributed by atoms with E-state index in [1.54, 1.807) is 0 Å². The molecule has 0 aliphatic rings. The van der Waals surface area contributed by atoms with E-state index in [2.05, 4.69) is 4.74 Å². The van der Waals surface area contributed by atoms with Gasteiger partial charge in [0.2, 0.25) is 0 Å². The Labute approximate surface area is 45.4 Å². The highest BCUT2D eigenvalue weighted by molar-refractivity contribution is 5.70. The maximum Gasteiger partial charge on any atom is 0.337 e. The lowest BCUT2D eigenvalue weighted by molar-refractivity contribution is -0.144.